The van der Waals surface area contributed by atoms with E-state index < -0.39 is 0 Å². The van der Waals surface area contributed by atoms with Gasteiger partial charge in [0.15, 0.2) is 5.75 Å². The molecule has 248 valence electrons. The van der Waals surface area contributed by atoms with Crippen molar-refractivity contribution in [2.75, 3.05) is 9.71 Å². The van der Waals surface area contributed by atoms with Gasteiger partial charge in [-0.15, -0.1) is 0 Å². The van der Waals surface area contributed by atoms with E-state index in [9.17, 15) is 0 Å². The average molecular weight is 671 g/mol. The highest BCUT2D eigenvalue weighted by atomic mass is 16.5. The fourth-order valence-corrected chi connectivity index (χ4v) is 8.94. The van der Waals surface area contributed by atoms with Crippen LogP contribution >= 0.6 is 0 Å². The van der Waals surface area contributed by atoms with E-state index in [1.165, 1.54) is 50.0 Å². The molecule has 7 aromatic carbocycles. The molecule has 52 heavy (non-hydrogen) atoms. The number of anilines is 5. The third-order valence-electron chi connectivity index (χ3n) is 11.2. The van der Waals surface area contributed by atoms with Gasteiger partial charge in [-0.2, -0.15) is 0 Å². The fraction of sp³-hybridized carbons (Fsp3) is 0.106. The Balaban J connectivity index is 1.32. The lowest BCUT2D eigenvalue weighted by Crippen LogP contribution is -2.62. The SMILES string of the molecule is Cc1cc2c3c(c1)N(c1ccc(C(C)(C)C)cc1-c1ccccc1)c1ccc4oc5ccccc5c4c1B3N1c3ccccc3Oc3cccc-2c31. The normalized spacial score (nSPS) is 13.8. The first-order valence-corrected chi connectivity index (χ1v) is 18.1. The largest absolute Gasteiger partial charge is 0.456 e. The van der Waals surface area contributed by atoms with E-state index in [2.05, 4.69) is 177 Å². The predicted octanol–water partition coefficient (Wildman–Crippen LogP) is 11.7. The van der Waals surface area contributed by atoms with E-state index in [0.717, 1.165) is 56.2 Å². The summed E-state index contributed by atoms with van der Waals surface area (Å²) in [5, 5.41) is 2.27. The van der Waals surface area contributed by atoms with E-state index in [1.807, 2.05) is 0 Å². The van der Waals surface area contributed by atoms with E-state index in [-0.39, 0.29) is 12.3 Å². The van der Waals surface area contributed by atoms with Gasteiger partial charge in [-0.05, 0) is 100 Å². The number of rotatable bonds is 2. The maximum absolute atomic E-state index is 6.66. The Kier molecular flexibility index (Phi) is 5.92. The van der Waals surface area contributed by atoms with E-state index >= 15 is 0 Å². The molecule has 0 fully saturated rings. The summed E-state index contributed by atoms with van der Waals surface area (Å²) in [5.41, 5.74) is 17.3. The summed E-state index contributed by atoms with van der Waals surface area (Å²) in [6.07, 6.45) is 0. The first-order valence-electron chi connectivity index (χ1n) is 18.1. The number of hydrogen-bond donors (Lipinski definition) is 0. The second kappa shape index (κ2) is 10.4. The lowest BCUT2D eigenvalue weighted by Gasteiger charge is -2.48. The maximum atomic E-state index is 6.66. The molecule has 1 aromatic heterocycles. The number of hydrogen-bond acceptors (Lipinski definition) is 4. The van der Waals surface area contributed by atoms with Crippen molar-refractivity contribution in [2.45, 2.75) is 33.1 Å². The van der Waals surface area contributed by atoms with Crippen LogP contribution in [0.3, 0.4) is 0 Å². The van der Waals surface area contributed by atoms with Crippen molar-refractivity contribution in [1.29, 1.82) is 0 Å². The predicted molar refractivity (Wildman–Crippen MR) is 216 cm³/mol. The zero-order chi connectivity index (χ0) is 34.9. The van der Waals surface area contributed by atoms with Crippen molar-refractivity contribution in [2.24, 2.45) is 0 Å². The van der Waals surface area contributed by atoms with Crippen molar-refractivity contribution in [3.05, 3.63) is 151 Å². The van der Waals surface area contributed by atoms with Crippen molar-refractivity contribution in [3.8, 4) is 33.8 Å². The number of fused-ring (bicyclic) bond motifs is 10. The summed E-state index contributed by atoms with van der Waals surface area (Å²) in [5.74, 6) is 1.74. The molecule has 0 amide bonds. The van der Waals surface area contributed by atoms with Gasteiger partial charge in [-0.1, -0.05) is 106 Å². The third kappa shape index (κ3) is 3.99. The van der Waals surface area contributed by atoms with Gasteiger partial charge >= 0.3 is 6.85 Å². The van der Waals surface area contributed by atoms with Gasteiger partial charge in [-0.3, -0.25) is 0 Å². The molecular formula is C47H35BN2O2. The Morgan fingerprint density at radius 2 is 1.33 bits per heavy atom. The molecule has 5 heteroatoms. The first-order chi connectivity index (χ1) is 25.3. The van der Waals surface area contributed by atoms with Crippen LogP contribution < -0.4 is 25.4 Å². The van der Waals surface area contributed by atoms with Crippen LogP contribution in [0.15, 0.2) is 144 Å². The summed E-state index contributed by atoms with van der Waals surface area (Å²) in [4.78, 5) is 5.08. The lowest BCUT2D eigenvalue weighted by atomic mass is 9.42. The Hall–Kier alpha value is -6.20. The molecule has 0 bridgehead atoms. The van der Waals surface area contributed by atoms with Gasteiger partial charge in [0.25, 0.3) is 0 Å². The highest BCUT2D eigenvalue weighted by molar-refractivity contribution is 6.95. The van der Waals surface area contributed by atoms with Gasteiger partial charge in [0.05, 0.1) is 17.1 Å². The third-order valence-corrected chi connectivity index (χ3v) is 11.2. The molecule has 0 saturated heterocycles. The maximum Gasteiger partial charge on any atom is 0.334 e. The van der Waals surface area contributed by atoms with Crippen LogP contribution in [0, 0.1) is 6.92 Å². The zero-order valence-corrected chi connectivity index (χ0v) is 29.6. The molecule has 0 aliphatic carbocycles. The van der Waals surface area contributed by atoms with Crippen LogP contribution in [0.25, 0.3) is 44.2 Å². The number of aryl methyl sites for hydroxylation is 1. The minimum Gasteiger partial charge on any atom is -0.456 e. The van der Waals surface area contributed by atoms with Gasteiger partial charge in [0, 0.05) is 33.3 Å². The molecule has 3 aliphatic rings. The lowest BCUT2D eigenvalue weighted by molar-refractivity contribution is 0.478. The molecule has 0 spiro atoms. The summed E-state index contributed by atoms with van der Waals surface area (Å²) in [6, 6.07) is 50.6. The second-order valence-corrected chi connectivity index (χ2v) is 15.4. The molecule has 0 saturated carbocycles. The zero-order valence-electron chi connectivity index (χ0n) is 29.6. The Morgan fingerprint density at radius 3 is 2.19 bits per heavy atom. The number of para-hydroxylation sites is 4. The summed E-state index contributed by atoms with van der Waals surface area (Å²) < 4.78 is 13.3. The minimum absolute atomic E-state index is 0.0114. The van der Waals surface area contributed by atoms with Gasteiger partial charge in [-0.25, -0.2) is 0 Å². The summed E-state index contributed by atoms with van der Waals surface area (Å²) in [6.45, 7) is 8.96. The Labute approximate surface area is 303 Å². The molecule has 0 radical (unpaired) electrons. The number of furan rings is 1. The smallest absolute Gasteiger partial charge is 0.334 e. The van der Waals surface area contributed by atoms with Crippen LogP contribution in [-0.4, -0.2) is 6.85 Å². The van der Waals surface area contributed by atoms with Crippen molar-refractivity contribution >= 4 is 68.1 Å². The monoisotopic (exact) mass is 670 g/mol. The second-order valence-electron chi connectivity index (χ2n) is 15.4. The first kappa shape index (κ1) is 29.5. The molecular weight excluding hydrogens is 635 g/mol. The topological polar surface area (TPSA) is 28.9 Å². The standard InChI is InChI=1S/C47H35BN2O2/c1-28-25-34-31-16-12-20-42-46(31)50(36-17-9-11-19-40(36)52-42)48-44(34)38(26-28)49(37-23-24-41-43(45(37)48)32-15-8-10-18-39(32)51-41)35-22-21-30(47(2,3)4)27-33(35)29-13-6-5-7-14-29/h5-27H,1-4H3. The molecule has 8 aromatic rings. The number of benzene rings is 7. The van der Waals surface area contributed by atoms with Crippen molar-refractivity contribution in [3.63, 3.8) is 0 Å². The number of nitrogens with zero attached hydrogens (tertiary/aromatic N) is 2. The van der Waals surface area contributed by atoms with Crippen LogP contribution in [-0.2, 0) is 5.41 Å². The highest BCUT2D eigenvalue weighted by Gasteiger charge is 2.49. The van der Waals surface area contributed by atoms with Crippen LogP contribution in [0.5, 0.6) is 11.5 Å². The molecule has 4 heterocycles. The van der Waals surface area contributed by atoms with Crippen LogP contribution in [0.4, 0.5) is 28.4 Å². The Bertz CT molecular complexity index is 2790. The van der Waals surface area contributed by atoms with Gasteiger partial charge in [0.1, 0.15) is 16.9 Å². The fourth-order valence-electron chi connectivity index (χ4n) is 8.94. The number of ether oxygens (including phenoxy) is 1. The minimum atomic E-state index is -0.144. The molecule has 0 N–H and O–H groups in total. The Morgan fingerprint density at radius 1 is 0.558 bits per heavy atom. The molecule has 0 unspecified atom stereocenters. The molecule has 0 atom stereocenters. The van der Waals surface area contributed by atoms with Gasteiger partial charge < -0.3 is 18.9 Å². The van der Waals surface area contributed by atoms with E-state index in [1.54, 1.807) is 0 Å². The van der Waals surface area contributed by atoms with Crippen LogP contribution in [0.2, 0.25) is 0 Å². The molecule has 4 nitrogen and oxygen atoms in total. The molecule has 3 aliphatic heterocycles. The van der Waals surface area contributed by atoms with Crippen molar-refractivity contribution in [1.82, 2.24) is 0 Å². The highest BCUT2D eigenvalue weighted by Crippen LogP contribution is 2.56. The quantitative estimate of drug-likeness (QED) is 0.171. The van der Waals surface area contributed by atoms with Crippen molar-refractivity contribution < 1.29 is 9.15 Å². The van der Waals surface area contributed by atoms with Crippen LogP contribution in [0.1, 0.15) is 31.9 Å². The van der Waals surface area contributed by atoms with E-state index in [0.29, 0.717) is 0 Å². The molecule has 11 rings (SSSR count). The van der Waals surface area contributed by atoms with E-state index in [4.69, 9.17) is 9.15 Å². The summed E-state index contributed by atoms with van der Waals surface area (Å²) in [7, 11) is 0. The summed E-state index contributed by atoms with van der Waals surface area (Å²) >= 11 is 0. The average Bonchev–Trinajstić information content (AvgIpc) is 3.54. The van der Waals surface area contributed by atoms with Gasteiger partial charge in [0.2, 0.25) is 0 Å².